The van der Waals surface area contributed by atoms with E-state index < -0.39 is 5.12 Å². The van der Waals surface area contributed by atoms with Gasteiger partial charge in [-0.2, -0.15) is 0 Å². The quantitative estimate of drug-likeness (QED) is 0.568. The van der Waals surface area contributed by atoms with E-state index in [1.54, 1.807) is 24.3 Å². The largest absolute Gasteiger partial charge is 0.338 e. The third-order valence-corrected chi connectivity index (χ3v) is 3.38. The minimum Gasteiger partial charge on any atom is -0.338 e. The molecule has 0 aliphatic heterocycles. The molecule has 104 valence electrons. The third kappa shape index (κ3) is 4.16. The highest BCUT2D eigenvalue weighted by atomic mass is 32.2. The van der Waals surface area contributed by atoms with E-state index in [1.165, 1.54) is 14.0 Å². The van der Waals surface area contributed by atoms with Crippen LogP contribution in [0.15, 0.2) is 30.3 Å². The van der Waals surface area contributed by atoms with E-state index in [-0.39, 0.29) is 10.9 Å². The number of carbonyl (C=O) groups is 2. The van der Waals surface area contributed by atoms with Crippen molar-refractivity contribution < 1.29 is 19.1 Å². The van der Waals surface area contributed by atoms with Crippen molar-refractivity contribution in [3.63, 3.8) is 0 Å². The van der Waals surface area contributed by atoms with Gasteiger partial charge >= 0.3 is 0 Å². The molecule has 0 aliphatic carbocycles. The SMILES string of the molecule is CCCOC(OC)(SC(C)=O)C(=O)c1ccccc1. The number of thioether (sulfide) groups is 1. The van der Waals surface area contributed by atoms with Crippen molar-refractivity contribution in [3.05, 3.63) is 35.9 Å². The molecular formula is C14H18O4S. The van der Waals surface area contributed by atoms with Crippen LogP contribution in [0.5, 0.6) is 0 Å². The Balaban J connectivity index is 3.06. The minimum absolute atomic E-state index is 0.234. The Kier molecular flexibility index (Phi) is 6.21. The first-order chi connectivity index (χ1) is 9.05. The molecule has 0 heterocycles. The molecule has 1 atom stereocenters. The Morgan fingerprint density at radius 3 is 2.37 bits per heavy atom. The minimum atomic E-state index is -1.59. The van der Waals surface area contributed by atoms with Gasteiger partial charge in [-0.15, -0.1) is 0 Å². The van der Waals surface area contributed by atoms with Gasteiger partial charge in [0.05, 0.1) is 6.61 Å². The molecular weight excluding hydrogens is 264 g/mol. The molecule has 0 N–H and O–H groups in total. The van der Waals surface area contributed by atoms with Crippen LogP contribution in [0.3, 0.4) is 0 Å². The summed E-state index contributed by atoms with van der Waals surface area (Å²) in [4.78, 5) is 23.9. The Hall–Kier alpha value is -1.17. The highest BCUT2D eigenvalue weighted by molar-refractivity contribution is 8.15. The fraction of sp³-hybridized carbons (Fsp3) is 0.429. The van der Waals surface area contributed by atoms with E-state index >= 15 is 0 Å². The monoisotopic (exact) mass is 282 g/mol. The molecule has 0 saturated heterocycles. The van der Waals surface area contributed by atoms with Gasteiger partial charge in [0, 0.05) is 19.6 Å². The number of benzene rings is 1. The summed E-state index contributed by atoms with van der Waals surface area (Å²) in [6.45, 7) is 3.64. The summed E-state index contributed by atoms with van der Waals surface area (Å²) in [5.74, 6) is -0.357. The van der Waals surface area contributed by atoms with Gasteiger partial charge in [-0.05, 0) is 18.2 Å². The second-order valence-electron chi connectivity index (χ2n) is 3.90. The maximum atomic E-state index is 12.5. The number of hydrogen-bond donors (Lipinski definition) is 0. The van der Waals surface area contributed by atoms with Gasteiger partial charge in [-0.3, -0.25) is 9.59 Å². The molecule has 1 aromatic carbocycles. The van der Waals surface area contributed by atoms with Crippen LogP contribution in [-0.2, 0) is 14.3 Å². The van der Waals surface area contributed by atoms with E-state index in [4.69, 9.17) is 9.47 Å². The van der Waals surface area contributed by atoms with Gasteiger partial charge in [0.25, 0.3) is 5.12 Å². The first-order valence-corrected chi connectivity index (χ1v) is 6.86. The maximum Gasteiger partial charge on any atom is 0.291 e. The summed E-state index contributed by atoms with van der Waals surface area (Å²) in [5.41, 5.74) is 0.453. The number of ketones is 1. The van der Waals surface area contributed by atoms with Crippen molar-refractivity contribution in [2.24, 2.45) is 0 Å². The smallest absolute Gasteiger partial charge is 0.291 e. The molecule has 0 amide bonds. The zero-order chi connectivity index (χ0) is 14.3. The van der Waals surface area contributed by atoms with Crippen LogP contribution in [0.2, 0.25) is 0 Å². The number of hydrogen-bond acceptors (Lipinski definition) is 5. The van der Waals surface area contributed by atoms with Gasteiger partial charge in [0.2, 0.25) is 5.78 Å². The highest BCUT2D eigenvalue weighted by Gasteiger charge is 2.43. The summed E-state index contributed by atoms with van der Waals surface area (Å²) >= 11 is 0.757. The van der Waals surface area contributed by atoms with Crippen molar-refractivity contribution >= 4 is 22.7 Å². The van der Waals surface area contributed by atoms with E-state index in [1.807, 2.05) is 13.0 Å². The van der Waals surface area contributed by atoms with Crippen molar-refractivity contribution in [2.75, 3.05) is 13.7 Å². The van der Waals surface area contributed by atoms with Crippen molar-refractivity contribution in [2.45, 2.75) is 25.4 Å². The molecule has 0 aromatic heterocycles. The molecule has 0 spiro atoms. The Bertz CT molecular complexity index is 432. The summed E-state index contributed by atoms with van der Waals surface area (Å²) in [6, 6.07) is 8.67. The van der Waals surface area contributed by atoms with Crippen LogP contribution in [0.25, 0.3) is 0 Å². The molecule has 0 bridgehead atoms. The molecule has 0 radical (unpaired) electrons. The van der Waals surface area contributed by atoms with Crippen LogP contribution in [0.4, 0.5) is 0 Å². The number of rotatable bonds is 7. The second kappa shape index (κ2) is 7.43. The Morgan fingerprint density at radius 1 is 1.26 bits per heavy atom. The lowest BCUT2D eigenvalue weighted by Gasteiger charge is -2.28. The molecule has 4 nitrogen and oxygen atoms in total. The maximum absolute atomic E-state index is 12.5. The molecule has 1 aromatic rings. The lowest BCUT2D eigenvalue weighted by Crippen LogP contribution is -2.41. The van der Waals surface area contributed by atoms with Crippen molar-refractivity contribution in [1.82, 2.24) is 0 Å². The lowest BCUT2D eigenvalue weighted by atomic mass is 10.1. The number of methoxy groups -OCH3 is 1. The summed E-state index contributed by atoms with van der Waals surface area (Å²) < 4.78 is 10.8. The van der Waals surface area contributed by atoms with E-state index in [9.17, 15) is 9.59 Å². The zero-order valence-corrected chi connectivity index (χ0v) is 12.2. The average Bonchev–Trinajstić information content (AvgIpc) is 2.43. The average molecular weight is 282 g/mol. The number of ether oxygens (including phenoxy) is 2. The first kappa shape index (κ1) is 15.9. The van der Waals surface area contributed by atoms with Crippen molar-refractivity contribution in [1.29, 1.82) is 0 Å². The number of Topliss-reactive ketones (excluding diaryl/α,β-unsaturated/α-hetero) is 1. The van der Waals surface area contributed by atoms with Crippen LogP contribution in [0, 0.1) is 0 Å². The van der Waals surface area contributed by atoms with Gasteiger partial charge in [-0.25, -0.2) is 0 Å². The van der Waals surface area contributed by atoms with E-state index in [0.717, 1.165) is 18.2 Å². The predicted octanol–water partition coefficient (Wildman–Crippen LogP) is 2.88. The Morgan fingerprint density at radius 2 is 1.89 bits per heavy atom. The van der Waals surface area contributed by atoms with Gasteiger partial charge < -0.3 is 9.47 Å². The molecule has 1 unspecified atom stereocenters. The molecule has 0 saturated carbocycles. The number of carbonyl (C=O) groups excluding carboxylic acids is 2. The van der Waals surface area contributed by atoms with Gasteiger partial charge in [0.15, 0.2) is 5.12 Å². The van der Waals surface area contributed by atoms with Crippen LogP contribution in [-0.4, -0.2) is 29.7 Å². The summed E-state index contributed by atoms with van der Waals surface area (Å²) in [5, 5.41) is -1.83. The van der Waals surface area contributed by atoms with E-state index in [2.05, 4.69) is 0 Å². The second-order valence-corrected chi connectivity index (χ2v) is 5.21. The topological polar surface area (TPSA) is 52.6 Å². The predicted molar refractivity (Wildman–Crippen MR) is 75.0 cm³/mol. The third-order valence-electron chi connectivity index (χ3n) is 2.36. The molecule has 5 heteroatoms. The molecule has 0 fully saturated rings. The summed E-state index contributed by atoms with van der Waals surface area (Å²) in [6.07, 6.45) is 0.728. The van der Waals surface area contributed by atoms with Crippen LogP contribution >= 0.6 is 11.8 Å². The normalized spacial score (nSPS) is 13.8. The van der Waals surface area contributed by atoms with Gasteiger partial charge in [-0.1, -0.05) is 37.3 Å². The molecule has 0 aliphatic rings. The summed E-state index contributed by atoms with van der Waals surface area (Å²) in [7, 11) is 1.37. The first-order valence-electron chi connectivity index (χ1n) is 6.04. The van der Waals surface area contributed by atoms with Crippen LogP contribution < -0.4 is 0 Å². The highest BCUT2D eigenvalue weighted by Crippen LogP contribution is 2.32. The molecule has 1 rings (SSSR count). The zero-order valence-electron chi connectivity index (χ0n) is 11.3. The standard InChI is InChI=1S/C14H18O4S/c1-4-10-18-14(17-3,19-11(2)15)13(16)12-8-6-5-7-9-12/h5-9H,4,10H2,1-3H3. The van der Waals surface area contributed by atoms with Crippen molar-refractivity contribution in [3.8, 4) is 0 Å². The van der Waals surface area contributed by atoms with Gasteiger partial charge in [0.1, 0.15) is 0 Å². The fourth-order valence-electron chi connectivity index (χ4n) is 1.53. The Labute approximate surface area is 117 Å². The fourth-order valence-corrected chi connectivity index (χ4v) is 2.34. The lowest BCUT2D eigenvalue weighted by molar-refractivity contribution is -0.125. The molecule has 19 heavy (non-hydrogen) atoms. The van der Waals surface area contributed by atoms with E-state index in [0.29, 0.717) is 12.2 Å². The van der Waals surface area contributed by atoms with Crippen LogP contribution in [0.1, 0.15) is 30.6 Å².